The molecule has 1 saturated heterocycles. The summed E-state index contributed by atoms with van der Waals surface area (Å²) in [6, 6.07) is 10.4. The van der Waals surface area contributed by atoms with Crippen LogP contribution in [-0.2, 0) is 0 Å². The molecule has 1 aromatic carbocycles. The Morgan fingerprint density at radius 1 is 1.37 bits per heavy atom. The molecule has 156 valence electrons. The van der Waals surface area contributed by atoms with Gasteiger partial charge in [-0.2, -0.15) is 0 Å². The van der Waals surface area contributed by atoms with Crippen LogP contribution < -0.4 is 15.6 Å². The number of hydrogen-bond acceptors (Lipinski definition) is 6. The van der Waals surface area contributed by atoms with E-state index in [0.29, 0.717) is 13.1 Å². The zero-order valence-electron chi connectivity index (χ0n) is 16.0. The first kappa shape index (κ1) is 20.0. The summed E-state index contributed by atoms with van der Waals surface area (Å²) in [4.78, 5) is 32.0. The zero-order chi connectivity index (χ0) is 21.3. The van der Waals surface area contributed by atoms with Crippen LogP contribution in [0.4, 0.5) is 10.2 Å². The fraction of sp³-hybridized carbons (Fsp3) is 0.286. The number of aromatic carboxylic acids is 1. The smallest absolute Gasteiger partial charge is 0.341 e. The van der Waals surface area contributed by atoms with Crippen molar-refractivity contribution >= 4 is 22.8 Å². The number of halogens is 1. The molecule has 1 aliphatic rings. The first-order chi connectivity index (χ1) is 14.5. The highest BCUT2D eigenvalue weighted by atomic mass is 19.1. The lowest BCUT2D eigenvalue weighted by atomic mass is 10.1. The highest BCUT2D eigenvalue weighted by molar-refractivity contribution is 5.91. The Morgan fingerprint density at radius 2 is 2.13 bits per heavy atom. The third-order valence-corrected chi connectivity index (χ3v) is 5.34. The molecule has 1 fully saturated rings. The number of anilines is 1. The highest BCUT2D eigenvalue weighted by Gasteiger charge is 2.28. The first-order valence-electron chi connectivity index (χ1n) is 9.60. The predicted octanol–water partition coefficient (Wildman–Crippen LogP) is 1.66. The van der Waals surface area contributed by atoms with E-state index in [9.17, 15) is 19.1 Å². The Balaban J connectivity index is 1.55. The minimum atomic E-state index is -1.38. The van der Waals surface area contributed by atoms with Gasteiger partial charge in [0.05, 0.1) is 18.0 Å². The molecule has 2 aromatic heterocycles. The maximum absolute atomic E-state index is 14.7. The molecule has 0 amide bonds. The van der Waals surface area contributed by atoms with E-state index in [1.165, 1.54) is 0 Å². The number of rotatable bonds is 6. The predicted molar refractivity (Wildman–Crippen MR) is 109 cm³/mol. The Morgan fingerprint density at radius 3 is 2.83 bits per heavy atom. The van der Waals surface area contributed by atoms with Crippen LogP contribution >= 0.6 is 0 Å². The minimum absolute atomic E-state index is 0.0210. The Kier molecular flexibility index (Phi) is 5.47. The second-order valence-corrected chi connectivity index (χ2v) is 7.27. The van der Waals surface area contributed by atoms with E-state index >= 15 is 0 Å². The first-order valence-corrected chi connectivity index (χ1v) is 9.60. The Labute approximate surface area is 171 Å². The summed E-state index contributed by atoms with van der Waals surface area (Å²) in [6.07, 6.45) is 1.80. The van der Waals surface area contributed by atoms with Crippen molar-refractivity contribution in [2.45, 2.75) is 18.5 Å². The van der Waals surface area contributed by atoms with Crippen molar-refractivity contribution in [3.8, 4) is 0 Å². The number of aromatic nitrogens is 2. The van der Waals surface area contributed by atoms with Crippen molar-refractivity contribution in [1.82, 2.24) is 15.3 Å². The number of nitrogens with zero attached hydrogens (tertiary/aromatic N) is 2. The average molecular weight is 412 g/mol. The topological polar surface area (TPSA) is 119 Å². The van der Waals surface area contributed by atoms with Gasteiger partial charge in [-0.1, -0.05) is 30.3 Å². The van der Waals surface area contributed by atoms with Gasteiger partial charge in [0.2, 0.25) is 5.43 Å². The van der Waals surface area contributed by atoms with E-state index in [4.69, 9.17) is 5.11 Å². The van der Waals surface area contributed by atoms with Crippen LogP contribution in [0.25, 0.3) is 11.0 Å². The van der Waals surface area contributed by atoms with Gasteiger partial charge in [0.25, 0.3) is 0 Å². The van der Waals surface area contributed by atoms with Crippen molar-refractivity contribution < 1.29 is 19.4 Å². The number of aromatic amines is 1. The summed E-state index contributed by atoms with van der Waals surface area (Å²) in [7, 11) is 0. The lowest BCUT2D eigenvalue weighted by Gasteiger charge is -2.23. The fourth-order valence-electron chi connectivity index (χ4n) is 3.81. The lowest BCUT2D eigenvalue weighted by Crippen LogP contribution is -2.37. The molecule has 9 heteroatoms. The van der Waals surface area contributed by atoms with Gasteiger partial charge in [0, 0.05) is 25.3 Å². The summed E-state index contributed by atoms with van der Waals surface area (Å²) < 4.78 is 14.7. The molecule has 3 aromatic rings. The van der Waals surface area contributed by atoms with Crippen molar-refractivity contribution in [2.24, 2.45) is 0 Å². The van der Waals surface area contributed by atoms with Gasteiger partial charge in [0.15, 0.2) is 11.6 Å². The van der Waals surface area contributed by atoms with Crippen LogP contribution in [0, 0.1) is 5.82 Å². The molecule has 0 spiro atoms. The largest absolute Gasteiger partial charge is 0.477 e. The van der Waals surface area contributed by atoms with E-state index in [0.717, 1.165) is 24.2 Å². The molecule has 2 atom stereocenters. The third-order valence-electron chi connectivity index (χ3n) is 5.34. The summed E-state index contributed by atoms with van der Waals surface area (Å²) in [5, 5.41) is 22.1. The van der Waals surface area contributed by atoms with Gasteiger partial charge in [-0.3, -0.25) is 4.79 Å². The number of aliphatic hydroxyl groups is 1. The Hall–Kier alpha value is -3.30. The second kappa shape index (κ2) is 8.21. The van der Waals surface area contributed by atoms with Gasteiger partial charge < -0.3 is 25.4 Å². The van der Waals surface area contributed by atoms with Gasteiger partial charge >= 0.3 is 5.97 Å². The minimum Gasteiger partial charge on any atom is -0.477 e. The molecule has 8 nitrogen and oxygen atoms in total. The molecule has 3 heterocycles. The Bertz CT molecular complexity index is 1140. The molecule has 4 N–H and O–H groups in total. The van der Waals surface area contributed by atoms with E-state index < -0.39 is 22.8 Å². The molecule has 0 aliphatic carbocycles. The van der Waals surface area contributed by atoms with Crippen LogP contribution in [0.15, 0.2) is 47.4 Å². The summed E-state index contributed by atoms with van der Waals surface area (Å²) in [5.74, 6) is -1.96. The van der Waals surface area contributed by atoms with E-state index in [-0.39, 0.29) is 35.5 Å². The van der Waals surface area contributed by atoms with Gasteiger partial charge in [0.1, 0.15) is 11.2 Å². The van der Waals surface area contributed by atoms with E-state index in [1.807, 2.05) is 30.3 Å². The number of carbonyl (C=O) groups is 1. The highest BCUT2D eigenvalue weighted by Crippen LogP contribution is 2.25. The number of carboxylic acids is 1. The zero-order valence-corrected chi connectivity index (χ0v) is 16.0. The summed E-state index contributed by atoms with van der Waals surface area (Å²) >= 11 is 0. The van der Waals surface area contributed by atoms with Crippen LogP contribution in [0.3, 0.4) is 0 Å². The standard InChI is InChI=1S/C21H21FN4O4/c22-16-8-14-18(28)15(21(29)30)9-23-19(14)25-20(16)26-7-6-13(10-26)24-17(11-27)12-4-2-1-3-5-12/h1-5,8-9,13,17,24,27H,6-7,10-11H2,(H,29,30)(H,23,25,28)/t13?,17-/m0/s1. The van der Waals surface area contributed by atoms with Crippen molar-refractivity contribution in [1.29, 1.82) is 0 Å². The van der Waals surface area contributed by atoms with Crippen LogP contribution in [0.1, 0.15) is 28.4 Å². The molecule has 1 unspecified atom stereocenters. The molecule has 0 bridgehead atoms. The van der Waals surface area contributed by atoms with Gasteiger partial charge in [-0.15, -0.1) is 0 Å². The maximum Gasteiger partial charge on any atom is 0.341 e. The SMILES string of the molecule is O=C(O)c1c[nH]c2nc(N3CCC(N[C@@H](CO)c4ccccc4)C3)c(F)cc2c1=O. The van der Waals surface area contributed by atoms with Gasteiger partial charge in [-0.05, 0) is 18.1 Å². The molecule has 30 heavy (non-hydrogen) atoms. The van der Waals surface area contributed by atoms with Crippen molar-refractivity contribution in [3.63, 3.8) is 0 Å². The fourth-order valence-corrected chi connectivity index (χ4v) is 3.81. The number of hydrogen-bond donors (Lipinski definition) is 4. The number of carboxylic acid groups (broad SMARTS) is 1. The number of fused-ring (bicyclic) bond motifs is 1. The van der Waals surface area contributed by atoms with Crippen molar-refractivity contribution in [2.75, 3.05) is 24.6 Å². The third kappa shape index (κ3) is 3.77. The molecule has 1 aliphatic heterocycles. The molecular formula is C21H21FN4O4. The lowest BCUT2D eigenvalue weighted by molar-refractivity contribution is 0.0695. The monoisotopic (exact) mass is 412 g/mol. The van der Waals surface area contributed by atoms with Crippen LogP contribution in [0.2, 0.25) is 0 Å². The van der Waals surface area contributed by atoms with Gasteiger partial charge in [-0.25, -0.2) is 14.2 Å². The van der Waals surface area contributed by atoms with Crippen LogP contribution in [0.5, 0.6) is 0 Å². The summed E-state index contributed by atoms with van der Waals surface area (Å²) in [6.45, 7) is 0.976. The molecular weight excluding hydrogens is 391 g/mol. The normalized spacial score (nSPS) is 17.4. The molecule has 0 saturated carbocycles. The van der Waals surface area contributed by atoms with E-state index in [1.54, 1.807) is 4.90 Å². The van der Waals surface area contributed by atoms with Crippen molar-refractivity contribution in [3.05, 3.63) is 69.8 Å². The van der Waals surface area contributed by atoms with Crippen LogP contribution in [-0.4, -0.2) is 51.9 Å². The number of aliphatic hydroxyl groups excluding tert-OH is 1. The summed E-state index contributed by atoms with van der Waals surface area (Å²) in [5.41, 5.74) is -0.128. The van der Waals surface area contributed by atoms with E-state index in [2.05, 4.69) is 15.3 Å². The second-order valence-electron chi connectivity index (χ2n) is 7.27. The quantitative estimate of drug-likeness (QED) is 0.486. The molecule has 0 radical (unpaired) electrons. The maximum atomic E-state index is 14.7. The number of H-pyrrole nitrogens is 1. The number of nitrogens with one attached hydrogen (secondary N) is 2. The average Bonchev–Trinajstić information content (AvgIpc) is 3.21. The molecule has 4 rings (SSSR count). The number of benzene rings is 1. The number of pyridine rings is 2.